The Morgan fingerprint density at radius 1 is 1.00 bits per heavy atom. The van der Waals surface area contributed by atoms with E-state index in [1.54, 1.807) is 25.1 Å². The maximum atomic E-state index is 13.6. The number of anilines is 3. The first kappa shape index (κ1) is 15.1. The average Bonchev–Trinajstić information content (AvgIpc) is 2.42. The zero-order valence-corrected chi connectivity index (χ0v) is 11.6. The van der Waals surface area contributed by atoms with E-state index in [9.17, 15) is 17.6 Å². The number of aromatic nitrogens is 1. The van der Waals surface area contributed by atoms with Gasteiger partial charge in [0.25, 0.3) is 11.9 Å². The Morgan fingerprint density at radius 2 is 1.57 bits per heavy atom. The number of pyridine rings is 1. The van der Waals surface area contributed by atoms with Crippen LogP contribution in [0.1, 0.15) is 5.56 Å². The summed E-state index contributed by atoms with van der Waals surface area (Å²) in [5, 5.41) is 2.37. The van der Waals surface area contributed by atoms with Crippen LogP contribution < -0.4 is 10.2 Å². The van der Waals surface area contributed by atoms with Gasteiger partial charge in [0.2, 0.25) is 11.6 Å². The number of nitrogens with one attached hydrogen (secondary N) is 1. The molecule has 0 bridgehead atoms. The second-order valence-corrected chi connectivity index (χ2v) is 4.72. The molecular formula is C14H13F4N3. The van der Waals surface area contributed by atoms with Crippen molar-refractivity contribution in [2.75, 3.05) is 24.3 Å². The van der Waals surface area contributed by atoms with Crippen LogP contribution in [0.3, 0.4) is 0 Å². The third-order valence-corrected chi connectivity index (χ3v) is 2.98. The van der Waals surface area contributed by atoms with Gasteiger partial charge in [0.05, 0.1) is 0 Å². The van der Waals surface area contributed by atoms with Crippen molar-refractivity contribution in [1.82, 2.24) is 4.98 Å². The van der Waals surface area contributed by atoms with Crippen LogP contribution >= 0.6 is 0 Å². The highest BCUT2D eigenvalue weighted by Gasteiger charge is 2.21. The minimum absolute atomic E-state index is 0.336. The summed E-state index contributed by atoms with van der Waals surface area (Å²) >= 11 is 0. The molecule has 2 rings (SSSR count). The van der Waals surface area contributed by atoms with Crippen molar-refractivity contribution in [3.8, 4) is 0 Å². The summed E-state index contributed by atoms with van der Waals surface area (Å²) in [6, 6.07) is 5.05. The van der Waals surface area contributed by atoms with E-state index in [1.165, 1.54) is 0 Å². The second-order valence-electron chi connectivity index (χ2n) is 4.72. The van der Waals surface area contributed by atoms with Crippen molar-refractivity contribution in [3.05, 3.63) is 47.3 Å². The number of benzene rings is 1. The summed E-state index contributed by atoms with van der Waals surface area (Å²) in [5.41, 5.74) is 0.979. The van der Waals surface area contributed by atoms with Crippen LogP contribution in [0.15, 0.2) is 18.2 Å². The lowest BCUT2D eigenvalue weighted by atomic mass is 10.1. The first-order valence-electron chi connectivity index (χ1n) is 6.06. The van der Waals surface area contributed by atoms with Gasteiger partial charge >= 0.3 is 0 Å². The maximum Gasteiger partial charge on any atom is 0.253 e. The smallest absolute Gasteiger partial charge is 0.253 e. The highest BCUT2D eigenvalue weighted by molar-refractivity contribution is 5.67. The zero-order chi connectivity index (χ0) is 15.7. The summed E-state index contributed by atoms with van der Waals surface area (Å²) in [4.78, 5) is 4.36. The predicted octanol–water partition coefficient (Wildman–Crippen LogP) is 3.76. The zero-order valence-electron chi connectivity index (χ0n) is 11.6. The lowest BCUT2D eigenvalue weighted by Crippen LogP contribution is -2.10. The van der Waals surface area contributed by atoms with Crippen molar-refractivity contribution in [2.45, 2.75) is 6.92 Å². The lowest BCUT2D eigenvalue weighted by Gasteiger charge is -2.16. The van der Waals surface area contributed by atoms with Crippen molar-refractivity contribution >= 4 is 17.1 Å². The van der Waals surface area contributed by atoms with Crippen molar-refractivity contribution in [2.24, 2.45) is 0 Å². The molecule has 1 N–H and O–H groups in total. The number of halogens is 4. The fourth-order valence-corrected chi connectivity index (χ4v) is 1.80. The van der Waals surface area contributed by atoms with E-state index < -0.39 is 29.2 Å². The van der Waals surface area contributed by atoms with E-state index in [0.717, 1.165) is 5.69 Å². The molecule has 0 saturated carbocycles. The second kappa shape index (κ2) is 5.59. The molecule has 1 heterocycles. The standard InChI is InChI=1S/C14H13F4N3/c1-7-6-8(21(2)3)4-5-9(7)19-12-10(15)13(17)20-14(18)11(12)16/h4-6H,1-3H3,(H,19,20). The van der Waals surface area contributed by atoms with E-state index in [1.807, 2.05) is 19.0 Å². The molecule has 0 unspecified atom stereocenters. The number of hydrogen-bond donors (Lipinski definition) is 1. The fourth-order valence-electron chi connectivity index (χ4n) is 1.80. The molecule has 0 radical (unpaired) electrons. The van der Waals surface area contributed by atoms with E-state index in [-0.39, 0.29) is 0 Å². The van der Waals surface area contributed by atoms with Crippen LogP contribution in [-0.4, -0.2) is 19.1 Å². The van der Waals surface area contributed by atoms with E-state index in [4.69, 9.17) is 0 Å². The van der Waals surface area contributed by atoms with Crippen LogP contribution in [0.25, 0.3) is 0 Å². The van der Waals surface area contributed by atoms with Crippen molar-refractivity contribution < 1.29 is 17.6 Å². The van der Waals surface area contributed by atoms with Crippen molar-refractivity contribution in [3.63, 3.8) is 0 Å². The van der Waals surface area contributed by atoms with Gasteiger partial charge in [-0.2, -0.15) is 22.5 Å². The Kier molecular flexibility index (Phi) is 4.02. The molecule has 0 aliphatic carbocycles. The molecule has 0 aliphatic heterocycles. The highest BCUT2D eigenvalue weighted by atomic mass is 19.2. The Labute approximate surface area is 119 Å². The molecular weight excluding hydrogens is 286 g/mol. The normalized spacial score (nSPS) is 10.6. The third kappa shape index (κ3) is 2.91. The number of aryl methyl sites for hydroxylation is 1. The first-order chi connectivity index (χ1) is 9.81. The number of hydrogen-bond acceptors (Lipinski definition) is 3. The molecule has 0 saturated heterocycles. The Morgan fingerprint density at radius 3 is 2.05 bits per heavy atom. The minimum Gasteiger partial charge on any atom is -0.378 e. The van der Waals surface area contributed by atoms with Gasteiger partial charge in [-0.15, -0.1) is 0 Å². The summed E-state index contributed by atoms with van der Waals surface area (Å²) in [6.45, 7) is 1.71. The summed E-state index contributed by atoms with van der Waals surface area (Å²) in [6.07, 6.45) is 0. The molecule has 0 fully saturated rings. The van der Waals surface area contributed by atoms with Gasteiger partial charge in [-0.3, -0.25) is 0 Å². The molecule has 1 aromatic heterocycles. The summed E-state index contributed by atoms with van der Waals surface area (Å²) in [7, 11) is 3.68. The van der Waals surface area contributed by atoms with Gasteiger partial charge in [-0.05, 0) is 30.7 Å². The Bertz CT molecular complexity index is 660. The summed E-state index contributed by atoms with van der Waals surface area (Å²) < 4.78 is 53.2. The van der Waals surface area contributed by atoms with Gasteiger partial charge in [-0.25, -0.2) is 0 Å². The lowest BCUT2D eigenvalue weighted by molar-refractivity contribution is 0.411. The molecule has 112 valence electrons. The highest BCUT2D eigenvalue weighted by Crippen LogP contribution is 2.29. The van der Waals surface area contributed by atoms with Crippen molar-refractivity contribution in [1.29, 1.82) is 0 Å². The molecule has 0 spiro atoms. The Hall–Kier alpha value is -2.31. The first-order valence-corrected chi connectivity index (χ1v) is 6.06. The van der Waals surface area contributed by atoms with Gasteiger partial charge in [-0.1, -0.05) is 0 Å². The van der Waals surface area contributed by atoms with Gasteiger partial charge in [0.1, 0.15) is 5.69 Å². The van der Waals surface area contributed by atoms with E-state index in [2.05, 4.69) is 10.3 Å². The Balaban J connectivity index is 2.44. The largest absolute Gasteiger partial charge is 0.378 e. The predicted molar refractivity (Wildman–Crippen MR) is 72.9 cm³/mol. The van der Waals surface area contributed by atoms with Crippen LogP contribution in [0.5, 0.6) is 0 Å². The van der Waals surface area contributed by atoms with E-state index in [0.29, 0.717) is 11.3 Å². The van der Waals surface area contributed by atoms with E-state index >= 15 is 0 Å². The number of rotatable bonds is 3. The van der Waals surface area contributed by atoms with Crippen LogP contribution in [0.2, 0.25) is 0 Å². The summed E-state index contributed by atoms with van der Waals surface area (Å²) in [5.74, 6) is -6.52. The maximum absolute atomic E-state index is 13.6. The molecule has 21 heavy (non-hydrogen) atoms. The number of nitrogens with zero attached hydrogens (tertiary/aromatic N) is 2. The molecule has 1 aromatic carbocycles. The quantitative estimate of drug-likeness (QED) is 0.691. The molecule has 0 atom stereocenters. The molecule has 0 aliphatic rings. The van der Waals surface area contributed by atoms with Crippen LogP contribution in [0, 0.1) is 30.5 Å². The van der Waals surface area contributed by atoms with Crippen LogP contribution in [0.4, 0.5) is 34.6 Å². The topological polar surface area (TPSA) is 28.2 Å². The molecule has 2 aromatic rings. The molecule has 0 amide bonds. The molecule has 3 nitrogen and oxygen atoms in total. The van der Waals surface area contributed by atoms with Crippen LogP contribution in [-0.2, 0) is 0 Å². The van der Waals surface area contributed by atoms with Gasteiger partial charge < -0.3 is 10.2 Å². The van der Waals surface area contributed by atoms with Gasteiger partial charge in [0, 0.05) is 25.5 Å². The monoisotopic (exact) mass is 299 g/mol. The van der Waals surface area contributed by atoms with Gasteiger partial charge in [0.15, 0.2) is 0 Å². The minimum atomic E-state index is -1.70. The average molecular weight is 299 g/mol. The molecule has 7 heteroatoms. The third-order valence-electron chi connectivity index (χ3n) is 2.98. The fraction of sp³-hybridized carbons (Fsp3) is 0.214. The SMILES string of the molecule is Cc1cc(N(C)C)ccc1Nc1c(F)c(F)nc(F)c1F.